The van der Waals surface area contributed by atoms with E-state index in [9.17, 15) is 31.7 Å². The van der Waals surface area contributed by atoms with Gasteiger partial charge in [-0.2, -0.15) is 0 Å². The van der Waals surface area contributed by atoms with Crippen molar-refractivity contribution in [1.29, 1.82) is 0 Å². The quantitative estimate of drug-likeness (QED) is 0.282. The van der Waals surface area contributed by atoms with Crippen molar-refractivity contribution in [3.8, 4) is 5.75 Å². The number of benzene rings is 2. The highest BCUT2D eigenvalue weighted by atomic mass is 79.9. The van der Waals surface area contributed by atoms with Crippen LogP contribution >= 0.6 is 15.9 Å². The fourth-order valence-electron chi connectivity index (χ4n) is 3.56. The number of nitrogens with zero attached hydrogens (tertiary/aromatic N) is 2. The number of hydrogen-bond acceptors (Lipinski definition) is 6. The Labute approximate surface area is 197 Å². The largest absolute Gasteiger partial charge is 0.573 e. The van der Waals surface area contributed by atoms with Gasteiger partial charge in [-0.25, -0.2) is 13.1 Å². The average molecular weight is 552 g/mol. The smallest absolute Gasteiger partial charge is 0.404 e. The van der Waals surface area contributed by atoms with E-state index in [0.29, 0.717) is 25.9 Å². The van der Waals surface area contributed by atoms with Gasteiger partial charge in [-0.1, -0.05) is 22.0 Å². The van der Waals surface area contributed by atoms with Crippen molar-refractivity contribution in [2.75, 3.05) is 19.6 Å². The van der Waals surface area contributed by atoms with Gasteiger partial charge in [-0.05, 0) is 55.1 Å². The van der Waals surface area contributed by atoms with Crippen LogP contribution in [0.5, 0.6) is 5.75 Å². The summed E-state index contributed by atoms with van der Waals surface area (Å²) < 4.78 is 69.3. The normalized spacial score (nSPS) is 14.7. The molecule has 33 heavy (non-hydrogen) atoms. The molecule has 0 amide bonds. The molecular weight excluding hydrogens is 531 g/mol. The van der Waals surface area contributed by atoms with E-state index in [1.165, 1.54) is 12.1 Å². The molecule has 0 saturated heterocycles. The summed E-state index contributed by atoms with van der Waals surface area (Å²) in [7, 11) is -4.21. The first-order valence-electron chi connectivity index (χ1n) is 9.98. The Morgan fingerprint density at radius 1 is 1.15 bits per heavy atom. The maximum atomic E-state index is 12.6. The molecule has 3 rings (SSSR count). The van der Waals surface area contributed by atoms with Crippen molar-refractivity contribution < 1.29 is 31.2 Å². The summed E-state index contributed by atoms with van der Waals surface area (Å²) in [6.07, 6.45) is -3.16. The molecule has 1 aliphatic heterocycles. The molecule has 0 fully saturated rings. The highest BCUT2D eigenvalue weighted by Gasteiger charge is 2.34. The molecule has 0 atom stereocenters. The number of fused-ring (bicyclic) bond motifs is 1. The van der Waals surface area contributed by atoms with E-state index in [4.69, 9.17) is 0 Å². The van der Waals surface area contributed by atoms with Crippen LogP contribution < -0.4 is 9.46 Å². The lowest BCUT2D eigenvalue weighted by molar-refractivity contribution is -0.385. The molecule has 1 N–H and O–H groups in total. The summed E-state index contributed by atoms with van der Waals surface area (Å²) in [6.45, 7) is 2.05. The van der Waals surface area contributed by atoms with Gasteiger partial charge in [-0.15, -0.1) is 13.2 Å². The Kier molecular flexibility index (Phi) is 7.98. The summed E-state index contributed by atoms with van der Waals surface area (Å²) >= 11 is 3.00. The van der Waals surface area contributed by atoms with Crippen LogP contribution in [0.15, 0.2) is 45.8 Å². The van der Waals surface area contributed by atoms with E-state index in [-0.39, 0.29) is 16.7 Å². The Hall–Kier alpha value is -2.22. The summed E-state index contributed by atoms with van der Waals surface area (Å²) in [5.41, 5.74) is 2.03. The number of rotatable bonds is 9. The number of sulfonamides is 1. The van der Waals surface area contributed by atoms with Gasteiger partial charge >= 0.3 is 6.36 Å². The van der Waals surface area contributed by atoms with E-state index >= 15 is 0 Å². The minimum atomic E-state index is -5.03. The third-order valence-corrected chi connectivity index (χ3v) is 7.10. The number of hydrogen-bond donors (Lipinski definition) is 1. The van der Waals surface area contributed by atoms with Gasteiger partial charge in [0.1, 0.15) is 4.90 Å². The van der Waals surface area contributed by atoms with Crippen LogP contribution in [0.25, 0.3) is 0 Å². The minimum Gasteiger partial charge on any atom is -0.404 e. The van der Waals surface area contributed by atoms with Crippen molar-refractivity contribution in [3.63, 3.8) is 0 Å². The van der Waals surface area contributed by atoms with E-state index in [0.717, 1.165) is 36.2 Å². The standard InChI is InChI=1S/C20H21BrF3N3O5S/c21-16-4-6-19(18(12-16)32-20(22,23)24)33(30,31)25-8-1-2-9-26-10-7-14-3-5-17(27(28)29)11-15(14)13-26/h3-6,11-12,25H,1-2,7-10,13H2. The minimum absolute atomic E-state index is 0.0414. The lowest BCUT2D eigenvalue weighted by atomic mass is 9.99. The average Bonchev–Trinajstić information content (AvgIpc) is 2.71. The zero-order valence-electron chi connectivity index (χ0n) is 17.3. The second-order valence-corrected chi connectivity index (χ2v) is 10.1. The molecule has 0 unspecified atom stereocenters. The maximum Gasteiger partial charge on any atom is 0.573 e. The van der Waals surface area contributed by atoms with Crippen LogP contribution in [-0.4, -0.2) is 44.2 Å². The molecule has 1 heterocycles. The third-order valence-electron chi connectivity index (χ3n) is 5.11. The van der Waals surface area contributed by atoms with Crippen molar-refractivity contribution in [2.45, 2.75) is 37.1 Å². The van der Waals surface area contributed by atoms with E-state index in [1.807, 2.05) is 0 Å². The first-order chi connectivity index (χ1) is 15.4. The predicted octanol–water partition coefficient (Wildman–Crippen LogP) is 4.37. The summed E-state index contributed by atoms with van der Waals surface area (Å²) in [6, 6.07) is 8.15. The van der Waals surface area contributed by atoms with Gasteiger partial charge < -0.3 is 4.74 Å². The van der Waals surface area contributed by atoms with Crippen LogP contribution in [0.3, 0.4) is 0 Å². The van der Waals surface area contributed by atoms with Gasteiger partial charge in [0, 0.05) is 36.2 Å². The van der Waals surface area contributed by atoms with Crippen molar-refractivity contribution >= 4 is 31.6 Å². The number of alkyl halides is 3. The Balaban J connectivity index is 1.51. The van der Waals surface area contributed by atoms with Gasteiger partial charge in [0.15, 0.2) is 5.75 Å². The second-order valence-electron chi connectivity index (χ2n) is 7.48. The number of non-ortho nitro benzene ring substituents is 1. The highest BCUT2D eigenvalue weighted by Crippen LogP contribution is 2.32. The molecular formula is C20H21BrF3N3O5S. The monoisotopic (exact) mass is 551 g/mol. The lowest BCUT2D eigenvalue weighted by Crippen LogP contribution is -2.32. The highest BCUT2D eigenvalue weighted by molar-refractivity contribution is 9.10. The van der Waals surface area contributed by atoms with Crippen molar-refractivity contribution in [3.05, 3.63) is 62.1 Å². The summed E-state index contributed by atoms with van der Waals surface area (Å²) in [5.74, 6) is -0.814. The van der Waals surface area contributed by atoms with Crippen LogP contribution in [-0.2, 0) is 23.0 Å². The van der Waals surface area contributed by atoms with Crippen molar-refractivity contribution in [2.24, 2.45) is 0 Å². The SMILES string of the molecule is O=[N+]([O-])c1ccc2c(c1)CN(CCCCNS(=O)(=O)c1ccc(Br)cc1OC(F)(F)F)CC2. The fraction of sp³-hybridized carbons (Fsp3) is 0.400. The van der Waals surface area contributed by atoms with Crippen LogP contribution in [0.4, 0.5) is 18.9 Å². The first-order valence-corrected chi connectivity index (χ1v) is 12.3. The topological polar surface area (TPSA) is 102 Å². The maximum absolute atomic E-state index is 12.6. The molecule has 2 aromatic carbocycles. The third kappa shape index (κ3) is 7.13. The molecule has 0 bridgehead atoms. The molecule has 13 heteroatoms. The van der Waals surface area contributed by atoms with E-state index in [1.54, 1.807) is 12.1 Å². The van der Waals surface area contributed by atoms with E-state index < -0.39 is 32.0 Å². The van der Waals surface area contributed by atoms with Crippen molar-refractivity contribution in [1.82, 2.24) is 9.62 Å². The Bertz CT molecular complexity index is 1130. The molecule has 0 aliphatic carbocycles. The molecule has 0 saturated carbocycles. The molecule has 1 aliphatic rings. The second kappa shape index (κ2) is 10.4. The molecule has 0 radical (unpaired) electrons. The zero-order valence-corrected chi connectivity index (χ0v) is 19.7. The number of nitro groups is 1. The number of ether oxygens (including phenoxy) is 1. The number of nitrogens with one attached hydrogen (secondary N) is 1. The van der Waals surface area contributed by atoms with Gasteiger partial charge in [0.05, 0.1) is 4.92 Å². The first kappa shape index (κ1) is 25.4. The van der Waals surface area contributed by atoms with Gasteiger partial charge in [-0.3, -0.25) is 15.0 Å². The number of halogens is 4. The molecule has 180 valence electrons. The fourth-order valence-corrected chi connectivity index (χ4v) is 5.08. The van der Waals surface area contributed by atoms with Crippen LogP contribution in [0, 0.1) is 10.1 Å². The molecule has 0 spiro atoms. The van der Waals surface area contributed by atoms with E-state index in [2.05, 4.69) is 30.3 Å². The molecule has 0 aromatic heterocycles. The lowest BCUT2D eigenvalue weighted by Gasteiger charge is -2.28. The Morgan fingerprint density at radius 2 is 1.91 bits per heavy atom. The van der Waals surface area contributed by atoms with Gasteiger partial charge in [0.25, 0.3) is 5.69 Å². The van der Waals surface area contributed by atoms with Gasteiger partial charge in [0.2, 0.25) is 10.0 Å². The number of unbranched alkanes of at least 4 members (excludes halogenated alkanes) is 1. The van der Waals surface area contributed by atoms with Crippen LogP contribution in [0.2, 0.25) is 0 Å². The summed E-state index contributed by atoms with van der Waals surface area (Å²) in [5, 5.41) is 11.0. The van der Waals surface area contributed by atoms with Crippen LogP contribution in [0.1, 0.15) is 24.0 Å². The number of nitro benzene ring substituents is 1. The Morgan fingerprint density at radius 3 is 2.61 bits per heavy atom. The summed E-state index contributed by atoms with van der Waals surface area (Å²) in [4.78, 5) is 12.1. The zero-order chi connectivity index (χ0) is 24.2. The predicted molar refractivity (Wildman–Crippen MR) is 117 cm³/mol. The molecule has 8 nitrogen and oxygen atoms in total. The molecule has 2 aromatic rings.